The molecule has 0 bridgehead atoms. The van der Waals surface area contributed by atoms with E-state index in [2.05, 4.69) is 10.1 Å². The number of piperazine rings is 1. The van der Waals surface area contributed by atoms with Crippen LogP contribution in [0.3, 0.4) is 0 Å². The Kier molecular flexibility index (Phi) is 4.87. The number of sulfonamides is 1. The summed E-state index contributed by atoms with van der Waals surface area (Å²) in [4.78, 5) is 34.0. The molecule has 0 aromatic heterocycles. The zero-order valence-electron chi connectivity index (χ0n) is 11.6. The number of amides is 2. The number of nitrogens with zero attached hydrogens (tertiary/aromatic N) is 1. The molecule has 2 amide bonds. The first kappa shape index (κ1) is 16.6. The van der Waals surface area contributed by atoms with Gasteiger partial charge in [-0.05, 0) is 20.3 Å². The predicted octanol–water partition coefficient (Wildman–Crippen LogP) is -0.994. The van der Waals surface area contributed by atoms with Gasteiger partial charge in [0.2, 0.25) is 21.8 Å². The topological polar surface area (TPSA) is 110 Å². The molecule has 0 radical (unpaired) electrons. The van der Waals surface area contributed by atoms with E-state index in [0.717, 1.165) is 4.31 Å². The van der Waals surface area contributed by atoms with Crippen molar-refractivity contribution in [3.05, 3.63) is 0 Å². The Morgan fingerprint density at radius 3 is 2.55 bits per heavy atom. The van der Waals surface area contributed by atoms with Gasteiger partial charge in [-0.25, -0.2) is 8.42 Å². The standard InChI is InChI=1S/C11H18N2O6S/c1-11(2)10(16)12-8(14)7-13(11)20(17,18)6-4-5-9(15)19-3/h4-7H2,1-3H3,(H,12,14,16). The van der Waals surface area contributed by atoms with Crippen LogP contribution in [0.4, 0.5) is 0 Å². The normalized spacial score (nSPS) is 19.6. The summed E-state index contributed by atoms with van der Waals surface area (Å²) in [5.41, 5.74) is -1.34. The van der Waals surface area contributed by atoms with Crippen LogP contribution in [0.5, 0.6) is 0 Å². The summed E-state index contributed by atoms with van der Waals surface area (Å²) in [6, 6.07) is 0. The maximum absolute atomic E-state index is 12.2. The van der Waals surface area contributed by atoms with Crippen molar-refractivity contribution in [1.82, 2.24) is 9.62 Å². The fraction of sp³-hybridized carbons (Fsp3) is 0.727. The van der Waals surface area contributed by atoms with E-state index < -0.39 is 39.9 Å². The Morgan fingerprint density at radius 1 is 1.40 bits per heavy atom. The number of hydrogen-bond donors (Lipinski definition) is 1. The summed E-state index contributed by atoms with van der Waals surface area (Å²) < 4.78 is 29.7. The zero-order chi connectivity index (χ0) is 15.6. The highest BCUT2D eigenvalue weighted by Crippen LogP contribution is 2.23. The SMILES string of the molecule is COC(=O)CCCS(=O)(=O)N1CC(=O)NC(=O)C1(C)C. The largest absolute Gasteiger partial charge is 0.469 e. The van der Waals surface area contributed by atoms with Crippen molar-refractivity contribution in [1.29, 1.82) is 0 Å². The van der Waals surface area contributed by atoms with Gasteiger partial charge in [0.05, 0.1) is 19.4 Å². The monoisotopic (exact) mass is 306 g/mol. The number of carbonyl (C=O) groups is 3. The second-order valence-electron chi connectivity index (χ2n) is 4.94. The number of methoxy groups -OCH3 is 1. The lowest BCUT2D eigenvalue weighted by Crippen LogP contribution is -2.65. The number of carbonyl (C=O) groups excluding carboxylic acids is 3. The number of esters is 1. The molecule has 1 fully saturated rings. The highest BCUT2D eigenvalue weighted by molar-refractivity contribution is 7.89. The minimum Gasteiger partial charge on any atom is -0.469 e. The first-order valence-electron chi connectivity index (χ1n) is 6.03. The van der Waals surface area contributed by atoms with E-state index >= 15 is 0 Å². The van der Waals surface area contributed by atoms with Crippen molar-refractivity contribution in [3.8, 4) is 0 Å². The van der Waals surface area contributed by atoms with E-state index in [4.69, 9.17) is 0 Å². The molecule has 9 heteroatoms. The van der Waals surface area contributed by atoms with Crippen molar-refractivity contribution in [2.45, 2.75) is 32.2 Å². The van der Waals surface area contributed by atoms with Crippen LogP contribution in [-0.4, -0.2) is 55.5 Å². The predicted molar refractivity (Wildman–Crippen MR) is 69.0 cm³/mol. The van der Waals surface area contributed by atoms with Gasteiger partial charge in [0.25, 0.3) is 0 Å². The van der Waals surface area contributed by atoms with Crippen molar-refractivity contribution in [2.24, 2.45) is 0 Å². The molecule has 0 atom stereocenters. The van der Waals surface area contributed by atoms with Crippen LogP contribution >= 0.6 is 0 Å². The molecule has 1 aliphatic heterocycles. The Hall–Kier alpha value is -1.48. The molecule has 0 aromatic rings. The van der Waals surface area contributed by atoms with Gasteiger partial charge in [-0.15, -0.1) is 0 Å². The summed E-state index contributed by atoms with van der Waals surface area (Å²) in [5.74, 6) is -2.16. The minimum atomic E-state index is -3.82. The molecule has 1 rings (SSSR count). The lowest BCUT2D eigenvalue weighted by molar-refractivity contribution is -0.142. The van der Waals surface area contributed by atoms with Gasteiger partial charge in [0.1, 0.15) is 5.54 Å². The quantitative estimate of drug-likeness (QED) is 0.515. The average Bonchev–Trinajstić information content (AvgIpc) is 2.33. The number of nitrogens with one attached hydrogen (secondary N) is 1. The highest BCUT2D eigenvalue weighted by Gasteiger charge is 2.46. The lowest BCUT2D eigenvalue weighted by atomic mass is 10.0. The van der Waals surface area contributed by atoms with Gasteiger partial charge in [-0.3, -0.25) is 19.7 Å². The van der Waals surface area contributed by atoms with Gasteiger partial charge in [0.15, 0.2) is 0 Å². The molecule has 1 N–H and O–H groups in total. The first-order chi connectivity index (χ1) is 9.11. The Balaban J connectivity index is 2.82. The molecule has 0 aliphatic carbocycles. The molecule has 0 aromatic carbocycles. The fourth-order valence-electron chi connectivity index (χ4n) is 1.82. The third-order valence-electron chi connectivity index (χ3n) is 3.07. The lowest BCUT2D eigenvalue weighted by Gasteiger charge is -2.38. The second kappa shape index (κ2) is 5.88. The van der Waals surface area contributed by atoms with Crippen LogP contribution in [0.25, 0.3) is 0 Å². The Labute approximate surface area is 117 Å². The van der Waals surface area contributed by atoms with Gasteiger partial charge in [-0.2, -0.15) is 4.31 Å². The first-order valence-corrected chi connectivity index (χ1v) is 7.64. The van der Waals surface area contributed by atoms with Crippen LogP contribution in [-0.2, 0) is 29.1 Å². The molecule has 8 nitrogen and oxygen atoms in total. The van der Waals surface area contributed by atoms with Gasteiger partial charge >= 0.3 is 5.97 Å². The summed E-state index contributed by atoms with van der Waals surface area (Å²) in [7, 11) is -2.60. The molecule has 114 valence electrons. The highest BCUT2D eigenvalue weighted by atomic mass is 32.2. The summed E-state index contributed by atoms with van der Waals surface area (Å²) in [6.45, 7) is 2.44. The van der Waals surface area contributed by atoms with E-state index in [1.807, 2.05) is 0 Å². The van der Waals surface area contributed by atoms with Gasteiger partial charge in [-0.1, -0.05) is 0 Å². The van der Waals surface area contributed by atoms with Crippen LogP contribution in [0.2, 0.25) is 0 Å². The molecule has 0 spiro atoms. The number of imide groups is 1. The van der Waals surface area contributed by atoms with E-state index in [1.165, 1.54) is 21.0 Å². The van der Waals surface area contributed by atoms with Crippen molar-refractivity contribution in [2.75, 3.05) is 19.4 Å². The third-order valence-corrected chi connectivity index (χ3v) is 5.13. The Morgan fingerprint density at radius 2 is 2.00 bits per heavy atom. The second-order valence-corrected chi connectivity index (χ2v) is 6.95. The average molecular weight is 306 g/mol. The van der Waals surface area contributed by atoms with Crippen LogP contribution in [0.15, 0.2) is 0 Å². The van der Waals surface area contributed by atoms with Crippen LogP contribution in [0.1, 0.15) is 26.7 Å². The maximum atomic E-state index is 12.2. The molecule has 0 unspecified atom stereocenters. The number of ether oxygens (including phenoxy) is 1. The molecule has 1 saturated heterocycles. The van der Waals surface area contributed by atoms with E-state index in [9.17, 15) is 22.8 Å². The van der Waals surface area contributed by atoms with Crippen LogP contribution < -0.4 is 5.32 Å². The van der Waals surface area contributed by atoms with E-state index in [1.54, 1.807) is 0 Å². The molecule has 1 aliphatic rings. The molecular formula is C11H18N2O6S. The van der Waals surface area contributed by atoms with Gasteiger partial charge in [0, 0.05) is 6.42 Å². The van der Waals surface area contributed by atoms with Crippen molar-refractivity contribution in [3.63, 3.8) is 0 Å². The minimum absolute atomic E-state index is 0.0376. The molecule has 0 saturated carbocycles. The molecule has 1 heterocycles. The van der Waals surface area contributed by atoms with E-state index in [0.29, 0.717) is 0 Å². The van der Waals surface area contributed by atoms with Gasteiger partial charge < -0.3 is 4.74 Å². The maximum Gasteiger partial charge on any atom is 0.305 e. The smallest absolute Gasteiger partial charge is 0.305 e. The number of rotatable bonds is 5. The fourth-order valence-corrected chi connectivity index (χ4v) is 3.64. The molecular weight excluding hydrogens is 288 g/mol. The Bertz CT molecular complexity index is 525. The molecule has 20 heavy (non-hydrogen) atoms. The summed E-state index contributed by atoms with van der Waals surface area (Å²) >= 11 is 0. The third kappa shape index (κ3) is 3.54. The summed E-state index contributed by atoms with van der Waals surface area (Å²) in [5, 5.41) is 2.10. The van der Waals surface area contributed by atoms with E-state index in [-0.39, 0.29) is 18.6 Å². The zero-order valence-corrected chi connectivity index (χ0v) is 12.4. The van der Waals surface area contributed by atoms with Crippen molar-refractivity contribution >= 4 is 27.8 Å². The van der Waals surface area contributed by atoms with Crippen molar-refractivity contribution < 1.29 is 27.5 Å². The number of hydrogen-bond acceptors (Lipinski definition) is 6. The van der Waals surface area contributed by atoms with Crippen LogP contribution in [0, 0.1) is 0 Å². The summed E-state index contributed by atoms with van der Waals surface area (Å²) in [6.07, 6.45) is 0.0293.